The van der Waals surface area contributed by atoms with Crippen LogP contribution in [0.3, 0.4) is 0 Å². The first-order valence-corrected chi connectivity index (χ1v) is 6.61. The molecule has 7 heteroatoms. The highest BCUT2D eigenvalue weighted by Crippen LogP contribution is 2.41. The van der Waals surface area contributed by atoms with Crippen LogP contribution in [-0.4, -0.2) is 47.3 Å². The third kappa shape index (κ3) is 2.44. The zero-order valence-corrected chi connectivity index (χ0v) is 11.0. The van der Waals surface area contributed by atoms with Crippen LogP contribution in [0.15, 0.2) is 24.3 Å². The summed E-state index contributed by atoms with van der Waals surface area (Å²) in [7, 11) is 0. The Kier molecular flexibility index (Phi) is 3.48. The van der Waals surface area contributed by atoms with Gasteiger partial charge in [0.25, 0.3) is 0 Å². The normalized spacial score (nSPS) is 36.0. The number of alkyl halides is 3. The quantitative estimate of drug-likeness (QED) is 0.860. The lowest BCUT2D eigenvalue weighted by atomic mass is 9.85. The Labute approximate surface area is 119 Å². The molecule has 0 radical (unpaired) electrons. The van der Waals surface area contributed by atoms with Gasteiger partial charge in [-0.2, -0.15) is 13.2 Å². The SMILES string of the molecule is O[C@@H]1CO[C@@]2(Cc3cccc(C(F)(F)F)c3)[C@@H]1OC[C@@H]2O. The highest BCUT2D eigenvalue weighted by molar-refractivity contribution is 5.28. The van der Waals surface area contributed by atoms with Crippen molar-refractivity contribution in [1.82, 2.24) is 0 Å². The highest BCUT2D eigenvalue weighted by Gasteiger charge is 2.59. The number of aliphatic hydroxyl groups is 2. The molecule has 2 saturated heterocycles. The van der Waals surface area contributed by atoms with Crippen LogP contribution >= 0.6 is 0 Å². The Bertz CT molecular complexity index is 533. The van der Waals surface area contributed by atoms with Crippen molar-refractivity contribution >= 4 is 0 Å². The van der Waals surface area contributed by atoms with E-state index in [9.17, 15) is 23.4 Å². The number of halogens is 3. The summed E-state index contributed by atoms with van der Waals surface area (Å²) in [6.07, 6.45) is -6.95. The van der Waals surface area contributed by atoms with Crippen molar-refractivity contribution in [1.29, 1.82) is 0 Å². The number of rotatable bonds is 2. The van der Waals surface area contributed by atoms with E-state index in [4.69, 9.17) is 9.47 Å². The van der Waals surface area contributed by atoms with Gasteiger partial charge in [-0.3, -0.25) is 0 Å². The van der Waals surface area contributed by atoms with Crippen molar-refractivity contribution < 1.29 is 32.9 Å². The molecule has 1 aromatic carbocycles. The molecule has 0 saturated carbocycles. The van der Waals surface area contributed by atoms with Gasteiger partial charge in [0, 0.05) is 6.42 Å². The van der Waals surface area contributed by atoms with Gasteiger partial charge in [-0.15, -0.1) is 0 Å². The minimum absolute atomic E-state index is 0.000683. The standard InChI is InChI=1S/C14H15F3O4/c15-14(16,17)9-3-1-2-8(4-9)5-13-11(19)7-20-12(13)10(18)6-21-13/h1-4,10-12,18-19H,5-7H2/t10-,11+,12-,13-/m1/s1. The van der Waals surface area contributed by atoms with Crippen LogP contribution in [-0.2, 0) is 22.1 Å². The fraction of sp³-hybridized carbons (Fsp3) is 0.571. The zero-order valence-electron chi connectivity index (χ0n) is 11.0. The lowest BCUT2D eigenvalue weighted by molar-refractivity contribution is -0.137. The number of hydrogen-bond acceptors (Lipinski definition) is 4. The van der Waals surface area contributed by atoms with E-state index in [2.05, 4.69) is 0 Å². The summed E-state index contributed by atoms with van der Waals surface area (Å²) in [5, 5.41) is 19.9. The van der Waals surface area contributed by atoms with Crippen molar-refractivity contribution in [3.05, 3.63) is 35.4 Å². The zero-order chi connectivity index (χ0) is 15.3. The minimum atomic E-state index is -4.42. The van der Waals surface area contributed by atoms with Crippen LogP contribution in [0.1, 0.15) is 11.1 Å². The summed E-state index contributed by atoms with van der Waals surface area (Å²) < 4.78 is 49.1. The maximum Gasteiger partial charge on any atom is 0.416 e. The Morgan fingerprint density at radius 3 is 2.71 bits per heavy atom. The number of benzene rings is 1. The summed E-state index contributed by atoms with van der Waals surface area (Å²) in [4.78, 5) is 0. The van der Waals surface area contributed by atoms with Crippen LogP contribution in [0.4, 0.5) is 13.2 Å². The second kappa shape index (κ2) is 4.95. The van der Waals surface area contributed by atoms with Gasteiger partial charge in [0.15, 0.2) is 0 Å². The molecule has 2 heterocycles. The molecule has 2 fully saturated rings. The van der Waals surface area contributed by atoms with E-state index in [1.54, 1.807) is 6.07 Å². The number of ether oxygens (including phenoxy) is 2. The van der Waals surface area contributed by atoms with Crippen LogP contribution in [0.25, 0.3) is 0 Å². The molecule has 0 aliphatic carbocycles. The van der Waals surface area contributed by atoms with E-state index in [0.717, 1.165) is 12.1 Å². The second-order valence-corrected chi connectivity index (χ2v) is 5.48. The molecule has 0 bridgehead atoms. The smallest absolute Gasteiger partial charge is 0.388 e. The van der Waals surface area contributed by atoms with Crippen LogP contribution in [0, 0.1) is 0 Å². The van der Waals surface area contributed by atoms with Gasteiger partial charge in [-0.25, -0.2) is 0 Å². The average molecular weight is 304 g/mol. The lowest BCUT2D eigenvalue weighted by Gasteiger charge is -2.30. The summed E-state index contributed by atoms with van der Waals surface area (Å²) in [5.74, 6) is 0. The molecule has 1 aromatic rings. The summed E-state index contributed by atoms with van der Waals surface area (Å²) in [6, 6.07) is 4.88. The third-order valence-electron chi connectivity index (χ3n) is 4.09. The molecule has 2 aliphatic rings. The Morgan fingerprint density at radius 2 is 2.00 bits per heavy atom. The van der Waals surface area contributed by atoms with Gasteiger partial charge < -0.3 is 19.7 Å². The molecule has 4 nitrogen and oxygen atoms in total. The number of fused-ring (bicyclic) bond motifs is 1. The van der Waals surface area contributed by atoms with E-state index >= 15 is 0 Å². The molecule has 4 atom stereocenters. The fourth-order valence-electron chi connectivity index (χ4n) is 3.06. The Morgan fingerprint density at radius 1 is 1.24 bits per heavy atom. The minimum Gasteiger partial charge on any atom is -0.388 e. The molecule has 0 unspecified atom stereocenters. The van der Waals surface area contributed by atoms with Gasteiger partial charge >= 0.3 is 6.18 Å². The first-order chi connectivity index (χ1) is 9.83. The van der Waals surface area contributed by atoms with Gasteiger partial charge in [-0.05, 0) is 11.6 Å². The van der Waals surface area contributed by atoms with Crippen molar-refractivity contribution in [3.63, 3.8) is 0 Å². The summed E-state index contributed by atoms with van der Waals surface area (Å²) >= 11 is 0. The predicted molar refractivity (Wildman–Crippen MR) is 65.6 cm³/mol. The van der Waals surface area contributed by atoms with Crippen molar-refractivity contribution in [3.8, 4) is 0 Å². The van der Waals surface area contributed by atoms with Gasteiger partial charge in [0.2, 0.25) is 0 Å². The second-order valence-electron chi connectivity index (χ2n) is 5.48. The van der Waals surface area contributed by atoms with Crippen molar-refractivity contribution in [2.75, 3.05) is 13.2 Å². The van der Waals surface area contributed by atoms with Crippen LogP contribution in [0.2, 0.25) is 0 Å². The molecule has 116 valence electrons. The molecular formula is C14H15F3O4. The van der Waals surface area contributed by atoms with Crippen LogP contribution < -0.4 is 0 Å². The topological polar surface area (TPSA) is 58.9 Å². The molecule has 2 N–H and O–H groups in total. The maximum absolute atomic E-state index is 12.7. The molecule has 0 spiro atoms. The maximum atomic E-state index is 12.7. The Hall–Kier alpha value is -1.15. The van der Waals surface area contributed by atoms with Crippen LogP contribution in [0.5, 0.6) is 0 Å². The fourth-order valence-corrected chi connectivity index (χ4v) is 3.06. The molecule has 0 aromatic heterocycles. The number of hydrogen-bond donors (Lipinski definition) is 2. The lowest BCUT2D eigenvalue weighted by Crippen LogP contribution is -2.48. The number of aliphatic hydroxyl groups excluding tert-OH is 2. The van der Waals surface area contributed by atoms with Gasteiger partial charge in [-0.1, -0.05) is 18.2 Å². The van der Waals surface area contributed by atoms with E-state index in [-0.39, 0.29) is 19.6 Å². The summed E-state index contributed by atoms with van der Waals surface area (Å²) in [6.45, 7) is 0.00137. The van der Waals surface area contributed by atoms with Gasteiger partial charge in [0.1, 0.15) is 23.9 Å². The molecule has 3 rings (SSSR count). The predicted octanol–water partition coefficient (Wildman–Crippen LogP) is 1.14. The van der Waals surface area contributed by atoms with E-state index < -0.39 is 35.7 Å². The van der Waals surface area contributed by atoms with Gasteiger partial charge in [0.05, 0.1) is 18.8 Å². The Balaban J connectivity index is 1.89. The summed E-state index contributed by atoms with van der Waals surface area (Å²) in [5.41, 5.74) is -1.54. The van der Waals surface area contributed by atoms with E-state index in [1.165, 1.54) is 6.07 Å². The average Bonchev–Trinajstić information content (AvgIpc) is 2.89. The third-order valence-corrected chi connectivity index (χ3v) is 4.09. The molecular weight excluding hydrogens is 289 g/mol. The molecule has 2 aliphatic heterocycles. The first-order valence-electron chi connectivity index (χ1n) is 6.61. The van der Waals surface area contributed by atoms with E-state index in [0.29, 0.717) is 5.56 Å². The molecule has 21 heavy (non-hydrogen) atoms. The highest BCUT2D eigenvalue weighted by atomic mass is 19.4. The molecule has 0 amide bonds. The van der Waals surface area contributed by atoms with Crippen molar-refractivity contribution in [2.45, 2.75) is 36.5 Å². The monoisotopic (exact) mass is 304 g/mol. The largest absolute Gasteiger partial charge is 0.416 e. The van der Waals surface area contributed by atoms with Crippen molar-refractivity contribution in [2.24, 2.45) is 0 Å². The first kappa shape index (κ1) is 14.8. The van der Waals surface area contributed by atoms with E-state index in [1.807, 2.05) is 0 Å².